The summed E-state index contributed by atoms with van der Waals surface area (Å²) in [6, 6.07) is 9.36. The molecule has 2 aliphatic rings. The van der Waals surface area contributed by atoms with Gasteiger partial charge in [0.2, 0.25) is 0 Å². The topological polar surface area (TPSA) is 29.9 Å². The van der Waals surface area contributed by atoms with Gasteiger partial charge in [0.25, 0.3) is 0 Å². The molecule has 0 amide bonds. The highest BCUT2D eigenvalue weighted by Gasteiger charge is 2.57. The molecule has 1 aromatic carbocycles. The summed E-state index contributed by atoms with van der Waals surface area (Å²) in [5.74, 6) is 3.43. The highest BCUT2D eigenvalue weighted by Crippen LogP contribution is 2.63. The number of nitrogens with one attached hydrogen (secondary N) is 1. The number of aromatic nitrogens is 2. The minimum absolute atomic E-state index is 0.371. The fourth-order valence-electron chi connectivity index (χ4n) is 4.24. The van der Waals surface area contributed by atoms with Crippen molar-refractivity contribution in [1.29, 1.82) is 0 Å². The largest absolute Gasteiger partial charge is 0.337 e. The average Bonchev–Trinajstić information content (AvgIpc) is 3.06. The van der Waals surface area contributed by atoms with Crippen LogP contribution in [0.25, 0.3) is 0 Å². The van der Waals surface area contributed by atoms with Gasteiger partial charge >= 0.3 is 0 Å². The molecular formula is C17H21N3. The zero-order valence-electron chi connectivity index (χ0n) is 12.1. The lowest BCUT2D eigenvalue weighted by atomic mass is 9.92. The van der Waals surface area contributed by atoms with E-state index < -0.39 is 0 Å². The monoisotopic (exact) mass is 267 g/mol. The maximum absolute atomic E-state index is 4.56. The normalized spacial score (nSPS) is 28.6. The predicted octanol–water partition coefficient (Wildman–Crippen LogP) is 2.66. The number of hydrogen-bond acceptors (Lipinski definition) is 2. The van der Waals surface area contributed by atoms with E-state index in [1.165, 1.54) is 18.7 Å². The van der Waals surface area contributed by atoms with E-state index in [9.17, 15) is 0 Å². The van der Waals surface area contributed by atoms with Gasteiger partial charge in [-0.3, -0.25) is 0 Å². The smallest absolute Gasteiger partial charge is 0.125 e. The summed E-state index contributed by atoms with van der Waals surface area (Å²) in [6.07, 6.45) is 6.51. The number of nitrogens with zero attached hydrogens (tertiary/aromatic N) is 2. The molecule has 0 radical (unpaired) electrons. The summed E-state index contributed by atoms with van der Waals surface area (Å²) in [5, 5.41) is 3.51. The average molecular weight is 267 g/mol. The molecule has 2 aromatic rings. The Hall–Kier alpha value is -1.61. The van der Waals surface area contributed by atoms with E-state index in [4.69, 9.17) is 0 Å². The molecule has 104 valence electrons. The summed E-state index contributed by atoms with van der Waals surface area (Å²) in [5.41, 5.74) is 3.15. The van der Waals surface area contributed by atoms with Gasteiger partial charge in [-0.15, -0.1) is 0 Å². The zero-order chi connectivity index (χ0) is 13.7. The third kappa shape index (κ3) is 1.66. The Morgan fingerprint density at radius 1 is 1.35 bits per heavy atom. The molecule has 1 aromatic heterocycles. The van der Waals surface area contributed by atoms with Crippen molar-refractivity contribution in [2.24, 2.45) is 18.9 Å². The lowest BCUT2D eigenvalue weighted by Gasteiger charge is -2.16. The third-order valence-electron chi connectivity index (χ3n) is 5.22. The summed E-state index contributed by atoms with van der Waals surface area (Å²) in [6.45, 7) is 0. The Balaban J connectivity index is 1.67. The Kier molecular flexibility index (Phi) is 2.71. The lowest BCUT2D eigenvalue weighted by Crippen LogP contribution is -2.23. The molecule has 3 nitrogen and oxygen atoms in total. The fraction of sp³-hybridized carbons (Fsp3) is 0.471. The fourth-order valence-corrected chi connectivity index (χ4v) is 4.24. The minimum atomic E-state index is 0.371. The molecule has 4 rings (SSSR count). The standard InChI is InChI=1S/C17H21N3/c1-18-16(17-19-9-10-20(17)2)15-13-8-7-11-5-3-4-6-12(11)14(13)15/h3-6,9-10,13-16,18H,7-8H2,1-2H3. The Morgan fingerprint density at radius 2 is 2.20 bits per heavy atom. The van der Waals surface area contributed by atoms with Crippen LogP contribution in [0.1, 0.15) is 35.3 Å². The third-order valence-corrected chi connectivity index (χ3v) is 5.22. The van der Waals surface area contributed by atoms with E-state index >= 15 is 0 Å². The molecule has 1 saturated carbocycles. The summed E-state index contributed by atoms with van der Waals surface area (Å²) >= 11 is 0. The van der Waals surface area contributed by atoms with Gasteiger partial charge in [0.15, 0.2) is 0 Å². The Bertz CT molecular complexity index is 631. The Morgan fingerprint density at radius 3 is 2.95 bits per heavy atom. The summed E-state index contributed by atoms with van der Waals surface area (Å²) in [4.78, 5) is 4.56. The van der Waals surface area contributed by atoms with E-state index in [0.717, 1.165) is 11.8 Å². The number of aryl methyl sites for hydroxylation is 2. The van der Waals surface area contributed by atoms with Crippen LogP contribution >= 0.6 is 0 Å². The van der Waals surface area contributed by atoms with E-state index in [1.807, 2.05) is 12.4 Å². The first-order chi connectivity index (χ1) is 9.81. The van der Waals surface area contributed by atoms with Gasteiger partial charge in [0.05, 0.1) is 6.04 Å². The van der Waals surface area contributed by atoms with Gasteiger partial charge in [-0.1, -0.05) is 24.3 Å². The number of fused-ring (bicyclic) bond motifs is 3. The van der Waals surface area contributed by atoms with Crippen LogP contribution in [-0.4, -0.2) is 16.6 Å². The molecule has 0 saturated heterocycles. The molecule has 0 aliphatic heterocycles. The first-order valence-electron chi connectivity index (χ1n) is 7.53. The Labute approximate surface area is 120 Å². The zero-order valence-corrected chi connectivity index (χ0v) is 12.1. The van der Waals surface area contributed by atoms with Gasteiger partial charge in [-0.2, -0.15) is 0 Å². The van der Waals surface area contributed by atoms with E-state index in [2.05, 4.69) is 53.2 Å². The van der Waals surface area contributed by atoms with Crippen molar-refractivity contribution in [2.75, 3.05) is 7.05 Å². The van der Waals surface area contributed by atoms with Crippen LogP contribution in [-0.2, 0) is 13.5 Å². The second-order valence-electron chi connectivity index (χ2n) is 6.17. The molecule has 4 atom stereocenters. The first-order valence-corrected chi connectivity index (χ1v) is 7.53. The van der Waals surface area contributed by atoms with Crippen LogP contribution in [0.5, 0.6) is 0 Å². The van der Waals surface area contributed by atoms with Crippen LogP contribution in [0.15, 0.2) is 36.7 Å². The molecule has 3 heteroatoms. The number of hydrogen-bond donors (Lipinski definition) is 1. The highest BCUT2D eigenvalue weighted by atomic mass is 15.1. The van der Waals surface area contributed by atoms with Gasteiger partial charge in [0.1, 0.15) is 5.82 Å². The van der Waals surface area contributed by atoms with Gasteiger partial charge < -0.3 is 9.88 Å². The summed E-state index contributed by atoms with van der Waals surface area (Å²) < 4.78 is 2.15. The van der Waals surface area contributed by atoms with Crippen molar-refractivity contribution >= 4 is 0 Å². The van der Waals surface area contributed by atoms with Gasteiger partial charge in [-0.25, -0.2) is 4.98 Å². The lowest BCUT2D eigenvalue weighted by molar-refractivity contribution is 0.451. The van der Waals surface area contributed by atoms with Crippen LogP contribution in [0.3, 0.4) is 0 Å². The second kappa shape index (κ2) is 4.45. The molecule has 1 N–H and O–H groups in total. The summed E-state index contributed by atoms with van der Waals surface area (Å²) in [7, 11) is 4.15. The number of benzene rings is 1. The second-order valence-corrected chi connectivity index (χ2v) is 6.17. The molecule has 1 fully saturated rings. The van der Waals surface area contributed by atoms with Crippen molar-refractivity contribution < 1.29 is 0 Å². The molecular weight excluding hydrogens is 246 g/mol. The van der Waals surface area contributed by atoms with Crippen LogP contribution in [0.4, 0.5) is 0 Å². The maximum atomic E-state index is 4.56. The number of rotatable bonds is 3. The van der Waals surface area contributed by atoms with E-state index in [-0.39, 0.29) is 0 Å². The van der Waals surface area contributed by atoms with Crippen LogP contribution < -0.4 is 5.32 Å². The van der Waals surface area contributed by atoms with Crippen LogP contribution in [0, 0.1) is 11.8 Å². The van der Waals surface area contributed by atoms with Crippen molar-refractivity contribution in [2.45, 2.75) is 24.8 Å². The first kappa shape index (κ1) is 12.2. The molecule has 1 heterocycles. The van der Waals surface area contributed by atoms with Crippen molar-refractivity contribution in [3.63, 3.8) is 0 Å². The quantitative estimate of drug-likeness (QED) is 0.926. The highest BCUT2D eigenvalue weighted by molar-refractivity contribution is 5.40. The van der Waals surface area contributed by atoms with Crippen molar-refractivity contribution in [3.8, 4) is 0 Å². The number of imidazole rings is 1. The SMILES string of the molecule is CNC(c1nccn1C)C1C2CCc3ccccc3C21. The van der Waals surface area contributed by atoms with Gasteiger partial charge in [-0.05, 0) is 48.8 Å². The van der Waals surface area contributed by atoms with Crippen molar-refractivity contribution in [1.82, 2.24) is 14.9 Å². The molecule has 4 unspecified atom stereocenters. The molecule has 0 spiro atoms. The van der Waals surface area contributed by atoms with Gasteiger partial charge in [0, 0.05) is 19.4 Å². The predicted molar refractivity (Wildman–Crippen MR) is 79.5 cm³/mol. The molecule has 0 bridgehead atoms. The van der Waals surface area contributed by atoms with Crippen LogP contribution in [0.2, 0.25) is 0 Å². The minimum Gasteiger partial charge on any atom is -0.337 e. The maximum Gasteiger partial charge on any atom is 0.125 e. The van der Waals surface area contributed by atoms with E-state index in [1.54, 1.807) is 11.1 Å². The molecule has 2 aliphatic carbocycles. The van der Waals surface area contributed by atoms with E-state index in [0.29, 0.717) is 12.0 Å². The molecule has 20 heavy (non-hydrogen) atoms. The van der Waals surface area contributed by atoms with Crippen molar-refractivity contribution in [3.05, 3.63) is 53.6 Å².